The summed E-state index contributed by atoms with van der Waals surface area (Å²) in [5.74, 6) is 2.43. The number of benzene rings is 1. The summed E-state index contributed by atoms with van der Waals surface area (Å²) < 4.78 is 12.3. The van der Waals surface area contributed by atoms with Crippen molar-refractivity contribution < 1.29 is 14.3 Å². The fourth-order valence-corrected chi connectivity index (χ4v) is 4.94. The molecule has 1 aliphatic carbocycles. The number of unbranched alkanes of at least 4 members (excludes halogenated alkanes) is 1. The highest BCUT2D eigenvalue weighted by molar-refractivity contribution is 8.01. The Balaban J connectivity index is 1.35. The standard InChI is InChI=1S/C19H22N2O3S2/c1-2-3-4-16-14-8-7-13(9-15(14)18(22)24-16)23-10-17-20-21-19(26-17)25-11-12-5-6-12/h7-9,12,16H,2-6,10-11H2,1H3. The van der Waals surface area contributed by atoms with Gasteiger partial charge in [0.25, 0.3) is 0 Å². The van der Waals surface area contributed by atoms with Gasteiger partial charge in [-0.2, -0.15) is 0 Å². The van der Waals surface area contributed by atoms with E-state index in [-0.39, 0.29) is 12.1 Å². The molecule has 1 unspecified atom stereocenters. The van der Waals surface area contributed by atoms with Crippen LogP contribution in [0.2, 0.25) is 0 Å². The lowest BCUT2D eigenvalue weighted by atomic mass is 10.0. The van der Waals surface area contributed by atoms with Crippen molar-refractivity contribution in [2.24, 2.45) is 5.92 Å². The predicted octanol–water partition coefficient (Wildman–Crippen LogP) is 5.02. The number of hydrogen-bond acceptors (Lipinski definition) is 7. The zero-order valence-electron chi connectivity index (χ0n) is 14.8. The number of carbonyl (C=O) groups excluding carboxylic acids is 1. The first-order valence-electron chi connectivity index (χ1n) is 9.16. The molecule has 1 saturated carbocycles. The lowest BCUT2D eigenvalue weighted by Crippen LogP contribution is -1.98. The van der Waals surface area contributed by atoms with Gasteiger partial charge in [0.05, 0.1) is 5.56 Å². The molecular weight excluding hydrogens is 368 g/mol. The molecule has 1 aromatic heterocycles. The van der Waals surface area contributed by atoms with Crippen LogP contribution in [0.4, 0.5) is 0 Å². The summed E-state index contributed by atoms with van der Waals surface area (Å²) >= 11 is 3.37. The molecule has 5 nitrogen and oxygen atoms in total. The quantitative estimate of drug-likeness (QED) is 0.442. The van der Waals surface area contributed by atoms with Gasteiger partial charge in [0.1, 0.15) is 18.5 Å². The number of cyclic esters (lactones) is 1. The first-order chi connectivity index (χ1) is 12.7. The zero-order valence-corrected chi connectivity index (χ0v) is 16.4. The number of thioether (sulfide) groups is 1. The van der Waals surface area contributed by atoms with E-state index in [0.29, 0.717) is 17.9 Å². The molecule has 1 aromatic carbocycles. The number of aromatic nitrogens is 2. The van der Waals surface area contributed by atoms with Crippen molar-refractivity contribution >= 4 is 29.1 Å². The second-order valence-corrected chi connectivity index (χ2v) is 9.12. The third kappa shape index (κ3) is 4.20. The number of rotatable bonds is 9. The van der Waals surface area contributed by atoms with E-state index in [1.165, 1.54) is 12.8 Å². The largest absolute Gasteiger partial charge is 0.486 e. The smallest absolute Gasteiger partial charge is 0.339 e. The number of ether oxygens (including phenoxy) is 2. The maximum Gasteiger partial charge on any atom is 0.339 e. The molecule has 0 saturated heterocycles. The van der Waals surface area contributed by atoms with Gasteiger partial charge in [-0.3, -0.25) is 0 Å². The van der Waals surface area contributed by atoms with Crippen molar-refractivity contribution in [3.05, 3.63) is 34.3 Å². The summed E-state index contributed by atoms with van der Waals surface area (Å²) in [7, 11) is 0. The summed E-state index contributed by atoms with van der Waals surface area (Å²) in [4.78, 5) is 12.1. The number of fused-ring (bicyclic) bond motifs is 1. The Kier molecular flexibility index (Phi) is 5.45. The van der Waals surface area contributed by atoms with E-state index in [9.17, 15) is 4.79 Å². The van der Waals surface area contributed by atoms with Crippen molar-refractivity contribution in [2.75, 3.05) is 5.75 Å². The van der Waals surface area contributed by atoms with E-state index in [1.807, 2.05) is 12.1 Å². The van der Waals surface area contributed by atoms with E-state index < -0.39 is 0 Å². The van der Waals surface area contributed by atoms with Crippen LogP contribution in [0.1, 0.15) is 66.1 Å². The van der Waals surface area contributed by atoms with Gasteiger partial charge in [-0.15, -0.1) is 10.2 Å². The Bertz CT molecular complexity index is 789. The Morgan fingerprint density at radius 2 is 2.23 bits per heavy atom. The molecule has 1 fully saturated rings. The van der Waals surface area contributed by atoms with Gasteiger partial charge in [-0.05, 0) is 43.7 Å². The number of esters is 1. The monoisotopic (exact) mass is 390 g/mol. The molecule has 7 heteroatoms. The minimum Gasteiger partial charge on any atom is -0.486 e. The van der Waals surface area contributed by atoms with Gasteiger partial charge in [-0.25, -0.2) is 4.79 Å². The first-order valence-corrected chi connectivity index (χ1v) is 11.0. The van der Waals surface area contributed by atoms with Crippen LogP contribution in [-0.4, -0.2) is 21.9 Å². The molecule has 2 heterocycles. The highest BCUT2D eigenvalue weighted by Gasteiger charge is 2.30. The van der Waals surface area contributed by atoms with Crippen LogP contribution in [-0.2, 0) is 11.3 Å². The molecule has 4 rings (SSSR count). The van der Waals surface area contributed by atoms with Gasteiger partial charge in [0.2, 0.25) is 0 Å². The normalized spacial score (nSPS) is 18.7. The molecule has 138 valence electrons. The van der Waals surface area contributed by atoms with Crippen molar-refractivity contribution in [1.29, 1.82) is 0 Å². The van der Waals surface area contributed by atoms with E-state index >= 15 is 0 Å². The second kappa shape index (κ2) is 7.96. The van der Waals surface area contributed by atoms with Crippen molar-refractivity contribution in [3.8, 4) is 5.75 Å². The van der Waals surface area contributed by atoms with Crippen LogP contribution in [0.5, 0.6) is 5.75 Å². The highest BCUT2D eigenvalue weighted by atomic mass is 32.2. The van der Waals surface area contributed by atoms with Gasteiger partial charge in [0, 0.05) is 11.3 Å². The van der Waals surface area contributed by atoms with Crippen LogP contribution < -0.4 is 4.74 Å². The molecular formula is C19H22N2O3S2. The topological polar surface area (TPSA) is 61.3 Å². The lowest BCUT2D eigenvalue weighted by molar-refractivity contribution is 0.0364. The molecule has 0 amide bonds. The van der Waals surface area contributed by atoms with Crippen LogP contribution in [0, 0.1) is 5.92 Å². The first kappa shape index (κ1) is 17.8. The molecule has 0 spiro atoms. The minimum absolute atomic E-state index is 0.110. The third-order valence-electron chi connectivity index (χ3n) is 4.61. The Morgan fingerprint density at radius 1 is 1.35 bits per heavy atom. The maximum absolute atomic E-state index is 12.1. The summed E-state index contributed by atoms with van der Waals surface area (Å²) in [5, 5.41) is 9.26. The molecule has 0 bridgehead atoms. The molecule has 0 radical (unpaired) electrons. The minimum atomic E-state index is -0.249. The molecule has 0 N–H and O–H groups in total. The zero-order chi connectivity index (χ0) is 17.9. The lowest BCUT2D eigenvalue weighted by Gasteiger charge is -2.10. The highest BCUT2D eigenvalue weighted by Crippen LogP contribution is 2.37. The van der Waals surface area contributed by atoms with Crippen molar-refractivity contribution in [1.82, 2.24) is 10.2 Å². The van der Waals surface area contributed by atoms with E-state index in [1.54, 1.807) is 29.2 Å². The predicted molar refractivity (Wildman–Crippen MR) is 102 cm³/mol. The van der Waals surface area contributed by atoms with Crippen LogP contribution in [0.25, 0.3) is 0 Å². The van der Waals surface area contributed by atoms with Crippen molar-refractivity contribution in [2.45, 2.75) is 56.1 Å². The number of carbonyl (C=O) groups is 1. The van der Waals surface area contributed by atoms with Crippen molar-refractivity contribution in [3.63, 3.8) is 0 Å². The molecule has 1 atom stereocenters. The Morgan fingerprint density at radius 3 is 3.04 bits per heavy atom. The van der Waals surface area contributed by atoms with E-state index in [0.717, 1.165) is 45.8 Å². The molecule has 2 aromatic rings. The summed E-state index contributed by atoms with van der Waals surface area (Å²) in [6, 6.07) is 5.64. The summed E-state index contributed by atoms with van der Waals surface area (Å²) in [5.41, 5.74) is 1.60. The molecule has 2 aliphatic rings. The van der Waals surface area contributed by atoms with Crippen LogP contribution in [0.3, 0.4) is 0 Å². The van der Waals surface area contributed by atoms with Gasteiger partial charge >= 0.3 is 5.97 Å². The van der Waals surface area contributed by atoms with Crippen LogP contribution in [0.15, 0.2) is 22.5 Å². The molecule has 26 heavy (non-hydrogen) atoms. The third-order valence-corrected chi connectivity index (χ3v) is 6.87. The average molecular weight is 391 g/mol. The second-order valence-electron chi connectivity index (χ2n) is 6.79. The average Bonchev–Trinajstić information content (AvgIpc) is 3.29. The maximum atomic E-state index is 12.1. The van der Waals surface area contributed by atoms with Gasteiger partial charge < -0.3 is 9.47 Å². The number of hydrogen-bond donors (Lipinski definition) is 0. The van der Waals surface area contributed by atoms with Gasteiger partial charge in [-0.1, -0.05) is 42.5 Å². The Labute approximate surface area is 161 Å². The SMILES string of the molecule is CCCCC1OC(=O)c2cc(OCc3nnc(SCC4CC4)s3)ccc21. The fourth-order valence-electron chi connectivity index (χ4n) is 2.92. The fraction of sp³-hybridized carbons (Fsp3) is 0.526. The summed E-state index contributed by atoms with van der Waals surface area (Å²) in [6.07, 6.45) is 5.60. The van der Waals surface area contributed by atoms with Gasteiger partial charge in [0.15, 0.2) is 9.35 Å². The van der Waals surface area contributed by atoms with E-state index in [2.05, 4.69) is 17.1 Å². The molecule has 1 aliphatic heterocycles. The number of nitrogens with zero attached hydrogens (tertiary/aromatic N) is 2. The Hall–Kier alpha value is -1.60. The summed E-state index contributed by atoms with van der Waals surface area (Å²) in [6.45, 7) is 2.51. The van der Waals surface area contributed by atoms with E-state index in [4.69, 9.17) is 9.47 Å². The van der Waals surface area contributed by atoms with Crippen LogP contribution >= 0.6 is 23.1 Å².